The number of halogens is 1. The molecule has 1 fully saturated rings. The minimum Gasteiger partial charge on any atom is -0.351 e. The minimum absolute atomic E-state index is 0.393. The number of rotatable bonds is 2. The lowest BCUT2D eigenvalue weighted by atomic mass is 10.1. The Kier molecular flexibility index (Phi) is 2.61. The molecule has 2 rings (SSSR count). The number of hydrogen-bond acceptors (Lipinski definition) is 3. The Morgan fingerprint density at radius 1 is 1.36 bits per heavy atom. The van der Waals surface area contributed by atoms with Crippen LogP contribution in [0.5, 0.6) is 0 Å². The van der Waals surface area contributed by atoms with E-state index in [0.717, 1.165) is 6.42 Å². The Bertz CT molecular complexity index is 299. The predicted molar refractivity (Wildman–Crippen MR) is 52.4 cm³/mol. The van der Waals surface area contributed by atoms with Gasteiger partial charge in [0.1, 0.15) is 0 Å². The second kappa shape index (κ2) is 3.90. The smallest absolute Gasteiger partial charge is 0.223 e. The van der Waals surface area contributed by atoms with Gasteiger partial charge >= 0.3 is 0 Å². The largest absolute Gasteiger partial charge is 0.351 e. The van der Waals surface area contributed by atoms with E-state index < -0.39 is 5.82 Å². The van der Waals surface area contributed by atoms with E-state index in [1.165, 1.54) is 25.2 Å². The molecule has 2 unspecified atom stereocenters. The monoisotopic (exact) mass is 195 g/mol. The van der Waals surface area contributed by atoms with Crippen LogP contribution in [0.3, 0.4) is 0 Å². The summed E-state index contributed by atoms with van der Waals surface area (Å²) in [5.74, 6) is 0.795. The summed E-state index contributed by atoms with van der Waals surface area (Å²) < 4.78 is 12.5. The van der Waals surface area contributed by atoms with Gasteiger partial charge in [0.25, 0.3) is 0 Å². The lowest BCUT2D eigenvalue weighted by Gasteiger charge is -2.16. The number of nitrogens with one attached hydrogen (secondary N) is 1. The summed E-state index contributed by atoms with van der Waals surface area (Å²) in [4.78, 5) is 7.76. The van der Waals surface area contributed by atoms with Crippen LogP contribution in [0.25, 0.3) is 0 Å². The van der Waals surface area contributed by atoms with E-state index in [2.05, 4.69) is 22.2 Å². The maximum absolute atomic E-state index is 12.5. The predicted octanol–water partition coefficient (Wildman–Crippen LogP) is 2.22. The minimum atomic E-state index is -0.393. The first-order chi connectivity index (χ1) is 6.75. The fraction of sp³-hybridized carbons (Fsp3) is 0.600. The molecule has 1 N–H and O–H groups in total. The molecule has 76 valence electrons. The molecule has 0 amide bonds. The molecule has 1 aromatic heterocycles. The summed E-state index contributed by atoms with van der Waals surface area (Å²) in [5, 5.41) is 3.23. The molecule has 1 heterocycles. The second-order valence-electron chi connectivity index (χ2n) is 3.88. The first kappa shape index (κ1) is 9.37. The van der Waals surface area contributed by atoms with E-state index in [4.69, 9.17) is 0 Å². The van der Waals surface area contributed by atoms with Gasteiger partial charge in [0, 0.05) is 6.04 Å². The molecule has 0 aromatic carbocycles. The average Bonchev–Trinajstić information content (AvgIpc) is 2.56. The molecular formula is C10H14FN3. The zero-order valence-corrected chi connectivity index (χ0v) is 8.20. The van der Waals surface area contributed by atoms with Crippen molar-refractivity contribution in [2.75, 3.05) is 5.32 Å². The first-order valence-corrected chi connectivity index (χ1v) is 5.00. The molecule has 0 spiro atoms. The van der Waals surface area contributed by atoms with Gasteiger partial charge in [-0.1, -0.05) is 13.3 Å². The third kappa shape index (κ3) is 2.00. The lowest BCUT2D eigenvalue weighted by Crippen LogP contribution is -2.23. The van der Waals surface area contributed by atoms with Gasteiger partial charge < -0.3 is 5.32 Å². The topological polar surface area (TPSA) is 37.8 Å². The molecule has 0 saturated heterocycles. The molecular weight excluding hydrogens is 181 g/mol. The zero-order valence-electron chi connectivity index (χ0n) is 8.20. The molecule has 14 heavy (non-hydrogen) atoms. The molecule has 1 aliphatic carbocycles. The van der Waals surface area contributed by atoms with E-state index >= 15 is 0 Å². The van der Waals surface area contributed by atoms with E-state index in [1.807, 2.05) is 0 Å². The molecule has 3 nitrogen and oxygen atoms in total. The summed E-state index contributed by atoms with van der Waals surface area (Å²) in [6.45, 7) is 2.22. The number of aromatic nitrogens is 2. The highest BCUT2D eigenvalue weighted by molar-refractivity contribution is 5.25. The highest BCUT2D eigenvalue weighted by Crippen LogP contribution is 2.26. The van der Waals surface area contributed by atoms with Crippen LogP contribution in [-0.2, 0) is 0 Å². The van der Waals surface area contributed by atoms with Gasteiger partial charge in [-0.2, -0.15) is 0 Å². The summed E-state index contributed by atoms with van der Waals surface area (Å²) in [7, 11) is 0. The molecule has 4 heteroatoms. The number of nitrogens with zero attached hydrogens (tertiary/aromatic N) is 2. The van der Waals surface area contributed by atoms with Gasteiger partial charge in [-0.05, 0) is 18.8 Å². The Hall–Kier alpha value is -1.19. The SMILES string of the molecule is CC1CCCC1Nc1ncc(F)cn1. The Balaban J connectivity index is 2.00. The van der Waals surface area contributed by atoms with Crippen LogP contribution < -0.4 is 5.32 Å². The van der Waals surface area contributed by atoms with Crippen molar-refractivity contribution in [3.05, 3.63) is 18.2 Å². The highest BCUT2D eigenvalue weighted by Gasteiger charge is 2.23. The van der Waals surface area contributed by atoms with Crippen molar-refractivity contribution in [3.8, 4) is 0 Å². The molecule has 0 aliphatic heterocycles. The van der Waals surface area contributed by atoms with Crippen molar-refractivity contribution < 1.29 is 4.39 Å². The number of anilines is 1. The third-order valence-electron chi connectivity index (χ3n) is 2.80. The van der Waals surface area contributed by atoms with Crippen LogP contribution in [0.1, 0.15) is 26.2 Å². The van der Waals surface area contributed by atoms with Crippen LogP contribution in [0.4, 0.5) is 10.3 Å². The van der Waals surface area contributed by atoms with Crippen molar-refractivity contribution in [1.29, 1.82) is 0 Å². The van der Waals surface area contributed by atoms with Crippen molar-refractivity contribution in [3.63, 3.8) is 0 Å². The van der Waals surface area contributed by atoms with Crippen LogP contribution in [-0.4, -0.2) is 16.0 Å². The van der Waals surface area contributed by atoms with E-state index in [0.29, 0.717) is 17.9 Å². The molecule has 2 atom stereocenters. The highest BCUT2D eigenvalue weighted by atomic mass is 19.1. The van der Waals surface area contributed by atoms with E-state index in [9.17, 15) is 4.39 Å². The molecule has 0 radical (unpaired) electrons. The van der Waals surface area contributed by atoms with E-state index in [1.54, 1.807) is 0 Å². The molecule has 1 aliphatic rings. The van der Waals surface area contributed by atoms with Crippen LogP contribution in [0.15, 0.2) is 12.4 Å². The van der Waals surface area contributed by atoms with Gasteiger partial charge in [-0.3, -0.25) is 0 Å². The average molecular weight is 195 g/mol. The van der Waals surface area contributed by atoms with Crippen molar-refractivity contribution in [2.24, 2.45) is 5.92 Å². The summed E-state index contributed by atoms with van der Waals surface area (Å²) in [5.41, 5.74) is 0. The first-order valence-electron chi connectivity index (χ1n) is 5.00. The fourth-order valence-corrected chi connectivity index (χ4v) is 1.91. The second-order valence-corrected chi connectivity index (χ2v) is 3.88. The summed E-state index contributed by atoms with van der Waals surface area (Å²) in [6, 6.07) is 0.445. The fourth-order valence-electron chi connectivity index (χ4n) is 1.91. The van der Waals surface area contributed by atoms with Crippen LogP contribution >= 0.6 is 0 Å². The van der Waals surface area contributed by atoms with Gasteiger partial charge in [0.15, 0.2) is 5.82 Å². The summed E-state index contributed by atoms with van der Waals surface area (Å²) in [6.07, 6.45) is 6.03. The van der Waals surface area contributed by atoms with Crippen molar-refractivity contribution >= 4 is 5.95 Å². The molecule has 1 aromatic rings. The maximum Gasteiger partial charge on any atom is 0.223 e. The van der Waals surface area contributed by atoms with Crippen LogP contribution in [0.2, 0.25) is 0 Å². The van der Waals surface area contributed by atoms with Crippen molar-refractivity contribution in [2.45, 2.75) is 32.2 Å². The van der Waals surface area contributed by atoms with Gasteiger partial charge in [0.05, 0.1) is 12.4 Å². The Morgan fingerprint density at radius 3 is 2.64 bits per heavy atom. The van der Waals surface area contributed by atoms with Gasteiger partial charge in [-0.25, -0.2) is 14.4 Å². The molecule has 0 bridgehead atoms. The standard InChI is InChI=1S/C10H14FN3/c1-7-3-2-4-9(7)14-10-12-5-8(11)6-13-10/h5-7,9H,2-4H2,1H3,(H,12,13,14). The van der Waals surface area contributed by atoms with Crippen molar-refractivity contribution in [1.82, 2.24) is 9.97 Å². The Morgan fingerprint density at radius 2 is 2.07 bits per heavy atom. The molecule has 1 saturated carbocycles. The quantitative estimate of drug-likeness (QED) is 0.786. The lowest BCUT2D eigenvalue weighted by molar-refractivity contribution is 0.551. The zero-order chi connectivity index (χ0) is 9.97. The normalized spacial score (nSPS) is 26.4. The third-order valence-corrected chi connectivity index (χ3v) is 2.80. The Labute approximate surface area is 82.8 Å². The van der Waals surface area contributed by atoms with Gasteiger partial charge in [0.2, 0.25) is 5.95 Å². The number of hydrogen-bond donors (Lipinski definition) is 1. The van der Waals surface area contributed by atoms with Crippen LogP contribution in [0, 0.1) is 11.7 Å². The summed E-state index contributed by atoms with van der Waals surface area (Å²) >= 11 is 0. The maximum atomic E-state index is 12.5. The van der Waals surface area contributed by atoms with Gasteiger partial charge in [-0.15, -0.1) is 0 Å². The van der Waals surface area contributed by atoms with E-state index in [-0.39, 0.29) is 0 Å².